The summed E-state index contributed by atoms with van der Waals surface area (Å²) in [5, 5.41) is 5.99. The van der Waals surface area contributed by atoms with Crippen LogP contribution >= 0.6 is 11.3 Å². The van der Waals surface area contributed by atoms with Crippen molar-refractivity contribution in [1.29, 1.82) is 0 Å². The number of halogens is 3. The lowest BCUT2D eigenvalue weighted by atomic mass is 10.1. The molecule has 4 aromatic rings. The van der Waals surface area contributed by atoms with Gasteiger partial charge in [-0.15, -0.1) is 11.3 Å². The van der Waals surface area contributed by atoms with Crippen molar-refractivity contribution in [2.24, 2.45) is 7.05 Å². The van der Waals surface area contributed by atoms with E-state index in [9.17, 15) is 18.0 Å². The molecule has 29 heavy (non-hydrogen) atoms. The number of aromatic nitrogens is 3. The lowest BCUT2D eigenvalue weighted by Crippen LogP contribution is -2.23. The molecule has 9 heteroatoms. The van der Waals surface area contributed by atoms with Gasteiger partial charge in [-0.3, -0.25) is 4.79 Å². The summed E-state index contributed by atoms with van der Waals surface area (Å²) in [4.78, 5) is 21.2. The molecule has 0 radical (unpaired) electrons. The molecule has 1 N–H and O–H groups in total. The second-order valence-corrected chi connectivity index (χ2v) is 7.30. The molecule has 0 aliphatic heterocycles. The van der Waals surface area contributed by atoms with E-state index in [-0.39, 0.29) is 18.1 Å². The number of nitrogens with zero attached hydrogens (tertiary/aromatic N) is 3. The van der Waals surface area contributed by atoms with Gasteiger partial charge in [0, 0.05) is 42.3 Å². The smallest absolute Gasteiger partial charge is 0.347 e. The van der Waals surface area contributed by atoms with Gasteiger partial charge in [-0.2, -0.15) is 13.2 Å². The van der Waals surface area contributed by atoms with Crippen LogP contribution in [0.5, 0.6) is 0 Å². The van der Waals surface area contributed by atoms with Crippen molar-refractivity contribution in [1.82, 2.24) is 19.9 Å². The van der Waals surface area contributed by atoms with E-state index >= 15 is 0 Å². The first-order valence-corrected chi connectivity index (χ1v) is 9.51. The predicted molar refractivity (Wildman–Crippen MR) is 104 cm³/mol. The molecule has 0 saturated carbocycles. The first kappa shape index (κ1) is 19.1. The lowest BCUT2D eigenvalue weighted by molar-refractivity contribution is -0.137. The number of aryl methyl sites for hydroxylation is 1. The Labute approximate surface area is 167 Å². The first-order chi connectivity index (χ1) is 13.8. The Morgan fingerprint density at radius 1 is 1.21 bits per heavy atom. The Kier molecular flexibility index (Phi) is 4.83. The van der Waals surface area contributed by atoms with E-state index in [0.717, 1.165) is 28.7 Å². The van der Waals surface area contributed by atoms with E-state index in [1.54, 1.807) is 11.6 Å². The number of pyridine rings is 1. The van der Waals surface area contributed by atoms with Crippen LogP contribution in [0.3, 0.4) is 0 Å². The maximum Gasteiger partial charge on any atom is 0.416 e. The molecule has 0 fully saturated rings. The molecule has 0 atom stereocenters. The molecule has 0 spiro atoms. The zero-order valence-corrected chi connectivity index (χ0v) is 16.0. The first-order valence-electron chi connectivity index (χ1n) is 8.63. The highest BCUT2D eigenvalue weighted by Crippen LogP contribution is 2.31. The number of thiazole rings is 1. The number of amides is 1. The van der Waals surface area contributed by atoms with Gasteiger partial charge in [-0.1, -0.05) is 12.1 Å². The van der Waals surface area contributed by atoms with Gasteiger partial charge in [-0.05, 0) is 29.8 Å². The molecule has 1 amide bonds. The molecule has 0 aliphatic rings. The minimum Gasteiger partial charge on any atom is -0.347 e. The molecule has 0 aliphatic carbocycles. The van der Waals surface area contributed by atoms with Crippen LogP contribution in [0.4, 0.5) is 13.2 Å². The van der Waals surface area contributed by atoms with Crippen LogP contribution in [0.2, 0.25) is 0 Å². The molecule has 1 aromatic carbocycles. The number of carbonyl (C=O) groups excluding carboxylic acids is 1. The SMILES string of the molecule is Cn1cc(-c2nc(C(=O)NCc3ccc(C(F)(F)F)cc3)cs2)c2cccnc21. The number of hydrogen-bond acceptors (Lipinski definition) is 4. The van der Waals surface area contributed by atoms with Crippen molar-refractivity contribution in [3.63, 3.8) is 0 Å². The summed E-state index contributed by atoms with van der Waals surface area (Å²) in [5.41, 5.74) is 1.83. The number of nitrogens with one attached hydrogen (secondary N) is 1. The van der Waals surface area contributed by atoms with Gasteiger partial charge >= 0.3 is 6.18 Å². The average molecular weight is 416 g/mol. The summed E-state index contributed by atoms with van der Waals surface area (Å²) in [6.07, 6.45) is -0.746. The van der Waals surface area contributed by atoms with E-state index in [4.69, 9.17) is 0 Å². The monoisotopic (exact) mass is 416 g/mol. The summed E-state index contributed by atoms with van der Waals surface area (Å²) in [6.45, 7) is 0.113. The molecule has 148 valence electrons. The third-order valence-electron chi connectivity index (χ3n) is 4.44. The third kappa shape index (κ3) is 3.86. The van der Waals surface area contributed by atoms with Gasteiger partial charge in [-0.25, -0.2) is 9.97 Å². The second kappa shape index (κ2) is 7.32. The van der Waals surface area contributed by atoms with Gasteiger partial charge in [0.1, 0.15) is 16.3 Å². The normalized spacial score (nSPS) is 11.7. The van der Waals surface area contributed by atoms with Crippen LogP contribution in [0.1, 0.15) is 21.6 Å². The van der Waals surface area contributed by atoms with E-state index in [0.29, 0.717) is 10.6 Å². The zero-order chi connectivity index (χ0) is 20.6. The van der Waals surface area contributed by atoms with Gasteiger partial charge in [0.25, 0.3) is 5.91 Å². The molecule has 0 saturated heterocycles. The van der Waals surface area contributed by atoms with Crippen LogP contribution < -0.4 is 5.32 Å². The van der Waals surface area contributed by atoms with Crippen LogP contribution in [-0.2, 0) is 19.8 Å². The molecule has 3 heterocycles. The fourth-order valence-electron chi connectivity index (χ4n) is 2.97. The molecule has 5 nitrogen and oxygen atoms in total. The minimum atomic E-state index is -4.38. The topological polar surface area (TPSA) is 59.8 Å². The number of hydrogen-bond donors (Lipinski definition) is 1. The van der Waals surface area contributed by atoms with Crippen molar-refractivity contribution in [2.45, 2.75) is 12.7 Å². The van der Waals surface area contributed by atoms with E-state index < -0.39 is 11.7 Å². The zero-order valence-electron chi connectivity index (χ0n) is 15.2. The predicted octanol–water partition coefficient (Wildman–Crippen LogP) is 4.65. The molecule has 3 aromatic heterocycles. The van der Waals surface area contributed by atoms with Gasteiger partial charge < -0.3 is 9.88 Å². The number of rotatable bonds is 4. The summed E-state index contributed by atoms with van der Waals surface area (Å²) < 4.78 is 39.7. The Morgan fingerprint density at radius 2 is 1.97 bits per heavy atom. The van der Waals surface area contributed by atoms with Crippen LogP contribution in [0.25, 0.3) is 21.6 Å². The van der Waals surface area contributed by atoms with Crippen molar-refractivity contribution in [2.75, 3.05) is 0 Å². The largest absolute Gasteiger partial charge is 0.416 e. The maximum atomic E-state index is 12.6. The van der Waals surface area contributed by atoms with Crippen molar-refractivity contribution >= 4 is 28.3 Å². The number of alkyl halides is 3. The molecule has 4 rings (SSSR count). The highest BCUT2D eigenvalue weighted by molar-refractivity contribution is 7.13. The van der Waals surface area contributed by atoms with E-state index in [1.165, 1.54) is 23.5 Å². The van der Waals surface area contributed by atoms with Crippen molar-refractivity contribution in [3.05, 3.63) is 71.0 Å². The molecule has 0 unspecified atom stereocenters. The minimum absolute atomic E-state index is 0.113. The maximum absolute atomic E-state index is 12.6. The standard InChI is InChI=1S/C20H15F3N4OS/c1-27-10-15(14-3-2-8-24-17(14)27)19-26-16(11-29-19)18(28)25-9-12-4-6-13(7-5-12)20(21,22)23/h2-8,10-11H,9H2,1H3,(H,25,28). The van der Waals surface area contributed by atoms with E-state index in [1.807, 2.05) is 29.9 Å². The fourth-order valence-corrected chi connectivity index (χ4v) is 3.79. The lowest BCUT2D eigenvalue weighted by Gasteiger charge is -2.08. The molecular weight excluding hydrogens is 401 g/mol. The van der Waals surface area contributed by atoms with Gasteiger partial charge in [0.15, 0.2) is 0 Å². The number of carbonyl (C=O) groups is 1. The van der Waals surface area contributed by atoms with Gasteiger partial charge in [0.2, 0.25) is 0 Å². The Morgan fingerprint density at radius 3 is 2.69 bits per heavy atom. The van der Waals surface area contributed by atoms with Crippen LogP contribution in [0, 0.1) is 0 Å². The summed E-state index contributed by atoms with van der Waals surface area (Å²) >= 11 is 1.35. The Hall–Kier alpha value is -3.20. The second-order valence-electron chi connectivity index (χ2n) is 6.44. The summed E-state index contributed by atoms with van der Waals surface area (Å²) in [7, 11) is 1.89. The van der Waals surface area contributed by atoms with Gasteiger partial charge in [0.05, 0.1) is 5.56 Å². The Bertz CT molecular complexity index is 1180. The highest BCUT2D eigenvalue weighted by Gasteiger charge is 2.29. The summed E-state index contributed by atoms with van der Waals surface area (Å²) in [5.74, 6) is -0.384. The average Bonchev–Trinajstić information content (AvgIpc) is 3.31. The van der Waals surface area contributed by atoms with Crippen LogP contribution in [0.15, 0.2) is 54.2 Å². The quantitative estimate of drug-likeness (QED) is 0.527. The third-order valence-corrected chi connectivity index (χ3v) is 5.31. The summed E-state index contributed by atoms with van der Waals surface area (Å²) in [6, 6.07) is 8.48. The van der Waals surface area contributed by atoms with Crippen LogP contribution in [-0.4, -0.2) is 20.4 Å². The highest BCUT2D eigenvalue weighted by atomic mass is 32.1. The molecular formula is C20H15F3N4OS. The number of benzene rings is 1. The van der Waals surface area contributed by atoms with Crippen molar-refractivity contribution in [3.8, 4) is 10.6 Å². The Balaban J connectivity index is 1.47. The number of fused-ring (bicyclic) bond motifs is 1. The molecule has 0 bridgehead atoms. The fraction of sp³-hybridized carbons (Fsp3) is 0.150. The van der Waals surface area contributed by atoms with E-state index in [2.05, 4.69) is 15.3 Å². The van der Waals surface area contributed by atoms with Crippen molar-refractivity contribution < 1.29 is 18.0 Å².